The van der Waals surface area contributed by atoms with Gasteiger partial charge in [0.15, 0.2) is 5.82 Å². The Hall–Kier alpha value is -0.900. The third kappa shape index (κ3) is 1.86. The molecule has 4 nitrogen and oxygen atoms in total. The fourth-order valence-electron chi connectivity index (χ4n) is 3.45. The van der Waals surface area contributed by atoms with E-state index in [-0.39, 0.29) is 0 Å². The number of hydrogen-bond acceptors (Lipinski definition) is 4. The van der Waals surface area contributed by atoms with E-state index in [0.29, 0.717) is 6.54 Å². The first kappa shape index (κ1) is 10.3. The Morgan fingerprint density at radius 3 is 2.94 bits per heavy atom. The summed E-state index contributed by atoms with van der Waals surface area (Å²) in [6, 6.07) is 0. The van der Waals surface area contributed by atoms with E-state index in [0.717, 1.165) is 42.3 Å². The van der Waals surface area contributed by atoms with Crippen LogP contribution in [0.1, 0.15) is 37.4 Å². The highest BCUT2D eigenvalue weighted by Gasteiger charge is 2.39. The first-order valence-corrected chi connectivity index (χ1v) is 6.36. The molecule has 3 unspecified atom stereocenters. The van der Waals surface area contributed by atoms with Gasteiger partial charge in [-0.25, -0.2) is 0 Å². The number of rotatable bonds is 4. The lowest BCUT2D eigenvalue weighted by molar-refractivity contribution is 0.287. The Balaban J connectivity index is 1.61. The molecule has 2 saturated carbocycles. The van der Waals surface area contributed by atoms with Crippen LogP contribution in [0.2, 0.25) is 0 Å². The van der Waals surface area contributed by atoms with Crippen LogP contribution in [0.4, 0.5) is 0 Å². The lowest BCUT2D eigenvalue weighted by atomic mass is 9.86. The molecular weight excluding hydrogens is 202 g/mol. The Bertz CT molecular complexity index is 363. The van der Waals surface area contributed by atoms with Crippen molar-refractivity contribution in [3.63, 3.8) is 0 Å². The van der Waals surface area contributed by atoms with Gasteiger partial charge in [0.25, 0.3) is 0 Å². The zero-order valence-electron chi connectivity index (χ0n) is 9.56. The summed E-state index contributed by atoms with van der Waals surface area (Å²) in [6.45, 7) is 0.590. The van der Waals surface area contributed by atoms with Crippen molar-refractivity contribution in [3.05, 3.63) is 11.7 Å². The second-order valence-electron chi connectivity index (χ2n) is 5.28. The van der Waals surface area contributed by atoms with Crippen LogP contribution in [0.3, 0.4) is 0 Å². The van der Waals surface area contributed by atoms with Crippen LogP contribution in [0.5, 0.6) is 0 Å². The van der Waals surface area contributed by atoms with Crippen molar-refractivity contribution in [1.82, 2.24) is 10.1 Å². The van der Waals surface area contributed by atoms with Gasteiger partial charge in [-0.2, -0.15) is 4.98 Å². The maximum atomic E-state index is 5.46. The quantitative estimate of drug-likeness (QED) is 0.837. The van der Waals surface area contributed by atoms with Gasteiger partial charge in [-0.3, -0.25) is 0 Å². The van der Waals surface area contributed by atoms with Crippen LogP contribution < -0.4 is 5.73 Å². The average Bonchev–Trinajstić information content (AvgIpc) is 2.95. The Morgan fingerprint density at radius 1 is 1.31 bits per heavy atom. The van der Waals surface area contributed by atoms with Gasteiger partial charge in [-0.1, -0.05) is 11.6 Å². The van der Waals surface area contributed by atoms with Gasteiger partial charge in [-0.05, 0) is 43.6 Å². The first-order valence-electron chi connectivity index (χ1n) is 6.36. The van der Waals surface area contributed by atoms with Gasteiger partial charge in [-0.15, -0.1) is 0 Å². The highest BCUT2D eigenvalue weighted by atomic mass is 16.5. The van der Waals surface area contributed by atoms with Gasteiger partial charge in [0.1, 0.15) is 0 Å². The van der Waals surface area contributed by atoms with Gasteiger partial charge in [0.05, 0.1) is 0 Å². The predicted molar refractivity (Wildman–Crippen MR) is 59.7 cm³/mol. The van der Waals surface area contributed by atoms with E-state index < -0.39 is 0 Å². The number of aromatic nitrogens is 2. The Kier molecular flexibility index (Phi) is 2.67. The molecule has 0 radical (unpaired) electrons. The van der Waals surface area contributed by atoms with E-state index in [1.165, 1.54) is 25.7 Å². The summed E-state index contributed by atoms with van der Waals surface area (Å²) >= 11 is 0. The number of fused-ring (bicyclic) bond motifs is 2. The van der Waals surface area contributed by atoms with Crippen LogP contribution >= 0.6 is 0 Å². The zero-order chi connectivity index (χ0) is 11.0. The smallest absolute Gasteiger partial charge is 0.226 e. The summed E-state index contributed by atoms with van der Waals surface area (Å²) in [4.78, 5) is 4.39. The third-order valence-electron chi connectivity index (χ3n) is 4.20. The summed E-state index contributed by atoms with van der Waals surface area (Å²) in [5.74, 6) is 4.29. The number of nitrogens with zero attached hydrogens (tertiary/aromatic N) is 2. The molecular formula is C12H19N3O. The molecule has 3 atom stereocenters. The third-order valence-corrected chi connectivity index (χ3v) is 4.20. The van der Waals surface area contributed by atoms with Gasteiger partial charge in [0, 0.05) is 12.8 Å². The van der Waals surface area contributed by atoms with Gasteiger partial charge in [0.2, 0.25) is 5.89 Å². The Labute approximate surface area is 95.6 Å². The second kappa shape index (κ2) is 4.17. The van der Waals surface area contributed by atoms with E-state index in [1.54, 1.807) is 0 Å². The average molecular weight is 221 g/mol. The molecule has 0 aromatic carbocycles. The largest absolute Gasteiger partial charge is 0.339 e. The fraction of sp³-hybridized carbons (Fsp3) is 0.833. The SMILES string of the molecule is NCCc1noc(CC2CC3CCC2C3)n1. The van der Waals surface area contributed by atoms with Crippen molar-refractivity contribution in [3.8, 4) is 0 Å². The van der Waals surface area contributed by atoms with Crippen molar-refractivity contribution >= 4 is 0 Å². The summed E-state index contributed by atoms with van der Waals surface area (Å²) in [7, 11) is 0. The molecule has 2 bridgehead atoms. The molecule has 16 heavy (non-hydrogen) atoms. The topological polar surface area (TPSA) is 64.9 Å². The molecule has 0 amide bonds. The minimum atomic E-state index is 0.590. The summed E-state index contributed by atoms with van der Waals surface area (Å²) in [5.41, 5.74) is 5.46. The summed E-state index contributed by atoms with van der Waals surface area (Å²) in [5, 5.41) is 3.94. The number of nitrogens with two attached hydrogens (primary N) is 1. The van der Waals surface area contributed by atoms with Gasteiger partial charge < -0.3 is 10.3 Å². The highest BCUT2D eigenvalue weighted by Crippen LogP contribution is 2.49. The number of hydrogen-bond donors (Lipinski definition) is 1. The molecule has 4 heteroatoms. The van der Waals surface area contributed by atoms with Crippen molar-refractivity contribution in [2.45, 2.75) is 38.5 Å². The molecule has 2 aliphatic carbocycles. The van der Waals surface area contributed by atoms with E-state index in [1.807, 2.05) is 0 Å². The molecule has 0 spiro atoms. The highest BCUT2D eigenvalue weighted by molar-refractivity contribution is 4.95. The van der Waals surface area contributed by atoms with Gasteiger partial charge >= 0.3 is 0 Å². The minimum absolute atomic E-state index is 0.590. The first-order chi connectivity index (χ1) is 7.85. The lowest BCUT2D eigenvalue weighted by Crippen LogP contribution is -2.13. The molecule has 88 valence electrons. The molecule has 0 aliphatic heterocycles. The van der Waals surface area contributed by atoms with Crippen molar-refractivity contribution in [1.29, 1.82) is 0 Å². The second-order valence-corrected chi connectivity index (χ2v) is 5.28. The zero-order valence-corrected chi connectivity index (χ0v) is 9.56. The summed E-state index contributed by atoms with van der Waals surface area (Å²) < 4.78 is 5.27. The lowest BCUT2D eigenvalue weighted by Gasteiger charge is -2.19. The molecule has 0 saturated heterocycles. The molecule has 1 heterocycles. The van der Waals surface area contributed by atoms with E-state index >= 15 is 0 Å². The standard InChI is InChI=1S/C12H19N3O/c13-4-3-11-14-12(16-15-11)7-10-6-8-1-2-9(10)5-8/h8-10H,1-7,13H2. The van der Waals surface area contributed by atoms with Crippen LogP contribution in [0.25, 0.3) is 0 Å². The van der Waals surface area contributed by atoms with Crippen LogP contribution in [0, 0.1) is 17.8 Å². The molecule has 2 aliphatic rings. The van der Waals surface area contributed by atoms with Crippen LogP contribution in [-0.4, -0.2) is 16.7 Å². The monoisotopic (exact) mass is 221 g/mol. The molecule has 2 fully saturated rings. The molecule has 2 N–H and O–H groups in total. The molecule has 1 aromatic rings. The van der Waals surface area contributed by atoms with Crippen molar-refractivity contribution in [2.75, 3.05) is 6.54 Å². The van der Waals surface area contributed by atoms with Crippen molar-refractivity contribution < 1.29 is 4.52 Å². The molecule has 1 aromatic heterocycles. The van der Waals surface area contributed by atoms with E-state index in [4.69, 9.17) is 10.3 Å². The van der Waals surface area contributed by atoms with Crippen LogP contribution in [-0.2, 0) is 12.8 Å². The Morgan fingerprint density at radius 2 is 2.25 bits per heavy atom. The van der Waals surface area contributed by atoms with E-state index in [2.05, 4.69) is 10.1 Å². The maximum Gasteiger partial charge on any atom is 0.226 e. The van der Waals surface area contributed by atoms with Crippen LogP contribution in [0.15, 0.2) is 4.52 Å². The fourth-order valence-corrected chi connectivity index (χ4v) is 3.45. The summed E-state index contributed by atoms with van der Waals surface area (Å²) in [6.07, 6.45) is 7.38. The molecule has 3 rings (SSSR count). The maximum absolute atomic E-state index is 5.46. The van der Waals surface area contributed by atoms with Crippen molar-refractivity contribution in [2.24, 2.45) is 23.5 Å². The van der Waals surface area contributed by atoms with E-state index in [9.17, 15) is 0 Å². The minimum Gasteiger partial charge on any atom is -0.339 e. The predicted octanol–water partition coefficient (Wildman–Crippen LogP) is 1.55. The normalized spacial score (nSPS) is 32.4.